The summed E-state index contributed by atoms with van der Waals surface area (Å²) in [7, 11) is 0. The predicted molar refractivity (Wildman–Crippen MR) is 69.3 cm³/mol. The maximum Gasteiger partial charge on any atom is 0.391 e. The van der Waals surface area contributed by atoms with Gasteiger partial charge in [-0.3, -0.25) is 0 Å². The van der Waals surface area contributed by atoms with Crippen molar-refractivity contribution in [3.63, 3.8) is 0 Å². The molecule has 1 aromatic rings. The molecule has 1 aliphatic carbocycles. The van der Waals surface area contributed by atoms with Gasteiger partial charge < -0.3 is 5.32 Å². The van der Waals surface area contributed by atoms with E-state index in [0.29, 0.717) is 0 Å². The molecule has 0 saturated heterocycles. The largest absolute Gasteiger partial charge is 0.391 e. The molecule has 0 bridgehead atoms. The molecule has 0 aliphatic heterocycles. The summed E-state index contributed by atoms with van der Waals surface area (Å²) in [5, 5.41) is 11.3. The predicted octanol–water partition coefficient (Wildman–Crippen LogP) is 4.27. The van der Waals surface area contributed by atoms with Crippen LogP contribution in [0.3, 0.4) is 0 Å². The number of anilines is 1. The van der Waals surface area contributed by atoms with Gasteiger partial charge in [0.2, 0.25) is 0 Å². The number of alkyl halides is 6. The average molecular weight is 337 g/mol. The summed E-state index contributed by atoms with van der Waals surface area (Å²) < 4.78 is 77.2. The Morgan fingerprint density at radius 2 is 1.57 bits per heavy atom. The number of hydrogen-bond acceptors (Lipinski definition) is 3. The lowest BCUT2D eigenvalue weighted by Crippen LogP contribution is -2.42. The molecule has 1 heterocycles. The summed E-state index contributed by atoms with van der Waals surface area (Å²) in [6.45, 7) is 0. The monoisotopic (exact) mass is 337 g/mol. The minimum Gasteiger partial charge on any atom is -0.367 e. The molecule has 1 unspecified atom stereocenters. The van der Waals surface area contributed by atoms with Crippen molar-refractivity contribution in [3.05, 3.63) is 23.9 Å². The van der Waals surface area contributed by atoms with Crippen LogP contribution in [-0.2, 0) is 0 Å². The van der Waals surface area contributed by atoms with Crippen LogP contribution < -0.4 is 5.32 Å². The number of nitrogens with one attached hydrogen (secondary N) is 1. The normalized spacial score (nSPS) is 25.7. The van der Waals surface area contributed by atoms with Crippen LogP contribution >= 0.6 is 0 Å². The molecule has 3 nitrogen and oxygen atoms in total. The van der Waals surface area contributed by atoms with Gasteiger partial charge in [-0.05, 0) is 31.4 Å². The maximum absolute atomic E-state index is 12.9. The third-order valence-electron chi connectivity index (χ3n) is 3.88. The van der Waals surface area contributed by atoms with Crippen LogP contribution in [0.4, 0.5) is 32.2 Å². The lowest BCUT2D eigenvalue weighted by molar-refractivity contribution is -0.223. The standard InChI is InChI=1S/C14H13F6N3/c15-13(16,17)9-3-10(14(18,19)20)5-11(4-9)23-12-2-1-8(6-21)7-22-12/h1-2,7,9-11H,3-5H2,(H,22,23)/t9-,10+,11?. The molecule has 9 heteroatoms. The quantitative estimate of drug-likeness (QED) is 0.820. The fourth-order valence-corrected chi connectivity index (χ4v) is 2.73. The van der Waals surface area contributed by atoms with Gasteiger partial charge in [0.25, 0.3) is 0 Å². The molecule has 2 rings (SSSR count). The first-order valence-electron chi connectivity index (χ1n) is 6.85. The first-order chi connectivity index (χ1) is 10.6. The van der Waals surface area contributed by atoms with Gasteiger partial charge in [0, 0.05) is 12.2 Å². The molecule has 1 aromatic heterocycles. The molecule has 1 fully saturated rings. The molecule has 126 valence electrons. The highest BCUT2D eigenvalue weighted by Gasteiger charge is 2.51. The van der Waals surface area contributed by atoms with E-state index in [2.05, 4.69) is 10.3 Å². The molecule has 0 amide bonds. The topological polar surface area (TPSA) is 48.7 Å². The summed E-state index contributed by atoms with van der Waals surface area (Å²) in [5.41, 5.74) is 0.250. The van der Waals surface area contributed by atoms with Crippen LogP contribution in [0.2, 0.25) is 0 Å². The Labute approximate surface area is 128 Å². The van der Waals surface area contributed by atoms with Crippen LogP contribution in [0.25, 0.3) is 0 Å². The Balaban J connectivity index is 2.14. The highest BCUT2D eigenvalue weighted by atomic mass is 19.4. The fraction of sp³-hybridized carbons (Fsp3) is 0.571. The van der Waals surface area contributed by atoms with Gasteiger partial charge in [-0.2, -0.15) is 31.6 Å². The molecule has 3 atom stereocenters. The van der Waals surface area contributed by atoms with E-state index in [0.717, 1.165) is 0 Å². The Bertz CT molecular complexity index is 550. The Morgan fingerprint density at radius 3 is 1.96 bits per heavy atom. The molecule has 1 saturated carbocycles. The Kier molecular flexibility index (Phi) is 4.73. The lowest BCUT2D eigenvalue weighted by Gasteiger charge is -2.37. The second kappa shape index (κ2) is 6.26. The van der Waals surface area contributed by atoms with Crippen LogP contribution in [0.1, 0.15) is 24.8 Å². The number of hydrogen-bond donors (Lipinski definition) is 1. The van der Waals surface area contributed by atoms with Gasteiger partial charge in [0.15, 0.2) is 0 Å². The van der Waals surface area contributed by atoms with Gasteiger partial charge in [0.05, 0.1) is 17.4 Å². The van der Waals surface area contributed by atoms with Crippen molar-refractivity contribution in [2.24, 2.45) is 11.8 Å². The van der Waals surface area contributed by atoms with Crippen molar-refractivity contribution in [1.29, 1.82) is 5.26 Å². The number of halogens is 6. The van der Waals surface area contributed by atoms with Crippen molar-refractivity contribution >= 4 is 5.82 Å². The smallest absolute Gasteiger partial charge is 0.367 e. The number of rotatable bonds is 2. The number of pyridine rings is 1. The second-order valence-electron chi connectivity index (χ2n) is 5.57. The average Bonchev–Trinajstić information content (AvgIpc) is 2.46. The van der Waals surface area contributed by atoms with Crippen molar-refractivity contribution in [2.45, 2.75) is 37.7 Å². The van der Waals surface area contributed by atoms with Crippen molar-refractivity contribution < 1.29 is 26.3 Å². The zero-order valence-corrected chi connectivity index (χ0v) is 11.7. The molecule has 23 heavy (non-hydrogen) atoms. The molecule has 0 aromatic carbocycles. The number of nitrogens with zero attached hydrogens (tertiary/aromatic N) is 2. The minimum atomic E-state index is -4.66. The molecule has 0 radical (unpaired) electrons. The zero-order valence-electron chi connectivity index (χ0n) is 11.7. The van der Waals surface area contributed by atoms with Crippen molar-refractivity contribution in [1.82, 2.24) is 4.98 Å². The van der Waals surface area contributed by atoms with E-state index in [1.807, 2.05) is 6.07 Å². The van der Waals surface area contributed by atoms with E-state index in [1.165, 1.54) is 18.3 Å². The third-order valence-corrected chi connectivity index (χ3v) is 3.88. The summed E-state index contributed by atoms with van der Waals surface area (Å²) in [5.74, 6) is -3.85. The SMILES string of the molecule is N#Cc1ccc(NC2C[C@@H](C(F)(F)F)C[C@@H](C(F)(F)F)C2)nc1. The highest BCUT2D eigenvalue weighted by molar-refractivity contribution is 5.39. The molecule has 1 aliphatic rings. The lowest BCUT2D eigenvalue weighted by atomic mass is 9.77. The number of aromatic nitrogens is 1. The van der Waals surface area contributed by atoms with Gasteiger partial charge in [-0.15, -0.1) is 0 Å². The summed E-state index contributed by atoms with van der Waals surface area (Å²) in [6, 6.07) is 3.59. The third kappa shape index (κ3) is 4.50. The summed E-state index contributed by atoms with van der Waals surface area (Å²) in [4.78, 5) is 3.82. The van der Waals surface area contributed by atoms with Gasteiger partial charge in [-0.1, -0.05) is 0 Å². The van der Waals surface area contributed by atoms with E-state index in [4.69, 9.17) is 5.26 Å². The van der Waals surface area contributed by atoms with E-state index in [-0.39, 0.29) is 11.4 Å². The van der Waals surface area contributed by atoms with E-state index >= 15 is 0 Å². The highest BCUT2D eigenvalue weighted by Crippen LogP contribution is 2.46. The zero-order chi connectivity index (χ0) is 17.3. The van der Waals surface area contributed by atoms with Gasteiger partial charge in [0.1, 0.15) is 11.9 Å². The van der Waals surface area contributed by atoms with Crippen LogP contribution in [-0.4, -0.2) is 23.4 Å². The fourth-order valence-electron chi connectivity index (χ4n) is 2.73. The molecule has 1 N–H and O–H groups in total. The van der Waals surface area contributed by atoms with Gasteiger partial charge >= 0.3 is 12.4 Å². The minimum absolute atomic E-state index is 0.151. The Morgan fingerprint density at radius 1 is 1.00 bits per heavy atom. The van der Waals surface area contributed by atoms with Crippen LogP contribution in [0.5, 0.6) is 0 Å². The van der Waals surface area contributed by atoms with E-state index < -0.39 is 49.5 Å². The van der Waals surface area contributed by atoms with E-state index in [9.17, 15) is 26.3 Å². The second-order valence-corrected chi connectivity index (χ2v) is 5.57. The molecular weight excluding hydrogens is 324 g/mol. The summed E-state index contributed by atoms with van der Waals surface area (Å²) >= 11 is 0. The first kappa shape index (κ1) is 17.4. The summed E-state index contributed by atoms with van der Waals surface area (Å²) in [6.07, 6.45) is -9.93. The van der Waals surface area contributed by atoms with Crippen molar-refractivity contribution in [3.8, 4) is 6.07 Å². The van der Waals surface area contributed by atoms with Gasteiger partial charge in [-0.25, -0.2) is 4.98 Å². The maximum atomic E-state index is 12.9. The van der Waals surface area contributed by atoms with Crippen LogP contribution in [0, 0.1) is 23.2 Å². The van der Waals surface area contributed by atoms with Crippen molar-refractivity contribution in [2.75, 3.05) is 5.32 Å². The first-order valence-corrected chi connectivity index (χ1v) is 6.85. The number of nitriles is 1. The molecule has 0 spiro atoms. The van der Waals surface area contributed by atoms with E-state index in [1.54, 1.807) is 0 Å². The molecular formula is C14H13F6N3. The van der Waals surface area contributed by atoms with Crippen LogP contribution in [0.15, 0.2) is 18.3 Å². The Hall–Kier alpha value is -1.98.